The van der Waals surface area contributed by atoms with Crippen LogP contribution in [0.25, 0.3) is 0 Å². The van der Waals surface area contributed by atoms with Crippen LogP contribution in [-0.4, -0.2) is 10.8 Å². The van der Waals surface area contributed by atoms with Gasteiger partial charge in [-0.15, -0.1) is 0 Å². The molecule has 0 radical (unpaired) electrons. The lowest BCUT2D eigenvalue weighted by molar-refractivity contribution is -0.385. The molecule has 5 nitrogen and oxygen atoms in total. The maximum atomic E-state index is 12.2. The van der Waals surface area contributed by atoms with Crippen molar-refractivity contribution in [3.8, 4) is 0 Å². The van der Waals surface area contributed by atoms with Gasteiger partial charge in [-0.1, -0.05) is 33.6 Å². The molecule has 0 heterocycles. The van der Waals surface area contributed by atoms with Crippen LogP contribution in [0.1, 0.15) is 15.9 Å². The van der Waals surface area contributed by atoms with Gasteiger partial charge in [-0.05, 0) is 31.2 Å². The van der Waals surface area contributed by atoms with E-state index in [9.17, 15) is 14.9 Å². The smallest absolute Gasteiger partial charge is 0.274 e. The highest BCUT2D eigenvalue weighted by molar-refractivity contribution is 9.10. The lowest BCUT2D eigenvalue weighted by Crippen LogP contribution is -2.13. The molecule has 0 unspecified atom stereocenters. The summed E-state index contributed by atoms with van der Waals surface area (Å²) in [7, 11) is 0. The highest BCUT2D eigenvalue weighted by Crippen LogP contribution is 2.27. The van der Waals surface area contributed by atoms with Crippen molar-refractivity contribution >= 4 is 44.8 Å². The van der Waals surface area contributed by atoms with E-state index in [1.54, 1.807) is 31.2 Å². The van der Waals surface area contributed by atoms with Crippen molar-refractivity contribution in [2.75, 3.05) is 5.32 Å². The van der Waals surface area contributed by atoms with E-state index in [-0.39, 0.29) is 11.3 Å². The van der Waals surface area contributed by atoms with Crippen molar-refractivity contribution in [2.45, 2.75) is 6.92 Å². The molecule has 0 aliphatic heterocycles. The topological polar surface area (TPSA) is 72.2 Å². The molecule has 21 heavy (non-hydrogen) atoms. The van der Waals surface area contributed by atoms with Crippen molar-refractivity contribution < 1.29 is 9.72 Å². The first-order valence-corrected chi connectivity index (χ1v) is 7.07. The summed E-state index contributed by atoms with van der Waals surface area (Å²) in [5.74, 6) is -0.426. The maximum absolute atomic E-state index is 12.2. The molecule has 0 aliphatic carbocycles. The number of benzene rings is 2. The Hall–Kier alpha value is -1.92. The number of hydrogen-bond donors (Lipinski definition) is 1. The second-order valence-corrected chi connectivity index (χ2v) is 5.61. The molecule has 0 atom stereocenters. The number of amides is 1. The number of carbonyl (C=O) groups is 1. The van der Waals surface area contributed by atoms with E-state index >= 15 is 0 Å². The summed E-state index contributed by atoms with van der Waals surface area (Å²) in [4.78, 5) is 22.6. The normalized spacial score (nSPS) is 10.2. The van der Waals surface area contributed by atoms with Crippen molar-refractivity contribution in [2.24, 2.45) is 0 Å². The highest BCUT2D eigenvalue weighted by Gasteiger charge is 2.17. The van der Waals surface area contributed by atoms with Crippen molar-refractivity contribution in [1.82, 2.24) is 0 Å². The molecule has 0 aliphatic rings. The number of nitrogens with one attached hydrogen (secondary N) is 1. The summed E-state index contributed by atoms with van der Waals surface area (Å²) in [6, 6.07) is 9.41. The number of carbonyl (C=O) groups excluding carboxylic acids is 1. The lowest BCUT2D eigenvalue weighted by atomic mass is 10.1. The van der Waals surface area contributed by atoms with E-state index in [0.29, 0.717) is 20.7 Å². The summed E-state index contributed by atoms with van der Waals surface area (Å²) in [5.41, 5.74) is 1.01. The molecule has 1 amide bonds. The van der Waals surface area contributed by atoms with Crippen LogP contribution < -0.4 is 5.32 Å². The van der Waals surface area contributed by atoms with Gasteiger partial charge in [0, 0.05) is 10.5 Å². The first-order valence-electron chi connectivity index (χ1n) is 5.90. The van der Waals surface area contributed by atoms with Gasteiger partial charge in [-0.3, -0.25) is 14.9 Å². The zero-order valence-electron chi connectivity index (χ0n) is 10.9. The molecule has 0 fully saturated rings. The Morgan fingerprint density at radius 1 is 1.33 bits per heavy atom. The summed E-state index contributed by atoms with van der Waals surface area (Å²) in [6.07, 6.45) is 0. The quantitative estimate of drug-likeness (QED) is 0.636. The van der Waals surface area contributed by atoms with Gasteiger partial charge < -0.3 is 5.32 Å². The predicted octanol–water partition coefficient (Wildman–Crippen LogP) is 4.57. The number of nitro groups is 1. The average Bonchev–Trinajstić information content (AvgIpc) is 2.43. The van der Waals surface area contributed by atoms with Crippen LogP contribution in [0.5, 0.6) is 0 Å². The third-order valence-electron chi connectivity index (χ3n) is 2.92. The lowest BCUT2D eigenvalue weighted by Gasteiger charge is -2.10. The van der Waals surface area contributed by atoms with Crippen LogP contribution in [0.3, 0.4) is 0 Å². The van der Waals surface area contributed by atoms with E-state index in [1.165, 1.54) is 12.1 Å². The summed E-state index contributed by atoms with van der Waals surface area (Å²) in [5, 5.41) is 13.8. The van der Waals surface area contributed by atoms with Crippen LogP contribution in [0.4, 0.5) is 11.4 Å². The maximum Gasteiger partial charge on any atom is 0.274 e. The molecule has 108 valence electrons. The Balaban J connectivity index is 2.34. The fourth-order valence-corrected chi connectivity index (χ4v) is 2.38. The number of hydrogen-bond acceptors (Lipinski definition) is 3. The molecule has 0 spiro atoms. The number of rotatable bonds is 3. The van der Waals surface area contributed by atoms with Gasteiger partial charge in [-0.25, -0.2) is 0 Å². The minimum absolute atomic E-state index is 0.0480. The van der Waals surface area contributed by atoms with Gasteiger partial charge in [-0.2, -0.15) is 0 Å². The molecule has 1 N–H and O–H groups in total. The fourth-order valence-electron chi connectivity index (χ4n) is 1.82. The standard InChI is InChI=1S/C14H10BrClN2O3/c1-8-12(3-2-4-13(8)18(20)21)17-14(19)10-7-9(15)5-6-11(10)16/h2-7H,1H3,(H,17,19). The Labute approximate surface area is 134 Å². The van der Waals surface area contributed by atoms with Crippen LogP contribution in [0.2, 0.25) is 5.02 Å². The van der Waals surface area contributed by atoms with E-state index in [2.05, 4.69) is 21.2 Å². The SMILES string of the molecule is Cc1c(NC(=O)c2cc(Br)ccc2Cl)cccc1[N+](=O)[O-]. The molecule has 2 rings (SSSR count). The van der Waals surface area contributed by atoms with E-state index in [0.717, 1.165) is 0 Å². The summed E-state index contributed by atoms with van der Waals surface area (Å²) >= 11 is 9.26. The van der Waals surface area contributed by atoms with E-state index < -0.39 is 10.8 Å². The molecule has 0 saturated heterocycles. The predicted molar refractivity (Wildman–Crippen MR) is 84.9 cm³/mol. The molecule has 2 aromatic carbocycles. The average molecular weight is 370 g/mol. The zero-order chi connectivity index (χ0) is 15.6. The van der Waals surface area contributed by atoms with Gasteiger partial charge >= 0.3 is 0 Å². The molecule has 7 heteroatoms. The molecular formula is C14H10BrClN2O3. The van der Waals surface area contributed by atoms with Gasteiger partial charge in [0.15, 0.2) is 0 Å². The zero-order valence-corrected chi connectivity index (χ0v) is 13.2. The minimum Gasteiger partial charge on any atom is -0.321 e. The first-order chi connectivity index (χ1) is 9.90. The Kier molecular flexibility index (Phi) is 4.59. The number of anilines is 1. The van der Waals surface area contributed by atoms with E-state index in [1.807, 2.05) is 0 Å². The van der Waals surface area contributed by atoms with Crippen molar-refractivity contribution in [1.29, 1.82) is 0 Å². The van der Waals surface area contributed by atoms with Gasteiger partial charge in [0.05, 0.1) is 26.8 Å². The van der Waals surface area contributed by atoms with Gasteiger partial charge in [0.25, 0.3) is 11.6 Å². The van der Waals surface area contributed by atoms with Crippen LogP contribution in [0, 0.1) is 17.0 Å². The second kappa shape index (κ2) is 6.24. The van der Waals surface area contributed by atoms with E-state index in [4.69, 9.17) is 11.6 Å². The molecule has 0 bridgehead atoms. The highest BCUT2D eigenvalue weighted by atomic mass is 79.9. The van der Waals surface area contributed by atoms with Gasteiger partial charge in [0.1, 0.15) is 0 Å². The Morgan fingerprint density at radius 3 is 2.71 bits per heavy atom. The van der Waals surface area contributed by atoms with Crippen LogP contribution in [0.15, 0.2) is 40.9 Å². The Morgan fingerprint density at radius 2 is 2.05 bits per heavy atom. The molecular weight excluding hydrogens is 360 g/mol. The summed E-state index contributed by atoms with van der Waals surface area (Å²) < 4.78 is 0.716. The minimum atomic E-state index is -0.489. The molecule has 2 aromatic rings. The number of nitrogens with zero attached hydrogens (tertiary/aromatic N) is 1. The second-order valence-electron chi connectivity index (χ2n) is 4.29. The van der Waals surface area contributed by atoms with Crippen LogP contribution in [-0.2, 0) is 0 Å². The number of nitro benzene ring substituents is 1. The Bertz CT molecular complexity index is 734. The third kappa shape index (κ3) is 3.40. The molecule has 0 saturated carbocycles. The van der Waals surface area contributed by atoms with Crippen LogP contribution >= 0.6 is 27.5 Å². The molecule has 0 aromatic heterocycles. The van der Waals surface area contributed by atoms with Crippen molar-refractivity contribution in [3.05, 3.63) is 67.1 Å². The number of halogens is 2. The fraction of sp³-hybridized carbons (Fsp3) is 0.0714. The van der Waals surface area contributed by atoms with Crippen molar-refractivity contribution in [3.63, 3.8) is 0 Å². The largest absolute Gasteiger partial charge is 0.321 e. The summed E-state index contributed by atoms with van der Waals surface area (Å²) in [6.45, 7) is 1.58. The van der Waals surface area contributed by atoms with Gasteiger partial charge in [0.2, 0.25) is 0 Å². The third-order valence-corrected chi connectivity index (χ3v) is 3.75. The first kappa shape index (κ1) is 15.5. The monoisotopic (exact) mass is 368 g/mol.